The van der Waals surface area contributed by atoms with Crippen molar-refractivity contribution >= 4 is 27.4 Å². The number of anilines is 2. The number of hydrogen-bond acceptors (Lipinski definition) is 4. The summed E-state index contributed by atoms with van der Waals surface area (Å²) in [6.45, 7) is 1.82. The van der Waals surface area contributed by atoms with E-state index in [1.807, 2.05) is 37.3 Å². The van der Waals surface area contributed by atoms with Gasteiger partial charge in [0.15, 0.2) is 5.13 Å². The van der Waals surface area contributed by atoms with Crippen LogP contribution in [0.15, 0.2) is 30.3 Å². The molecule has 4 nitrogen and oxygen atoms in total. The zero-order chi connectivity index (χ0) is 13.0. The minimum absolute atomic E-state index is 0.0346. The minimum Gasteiger partial charge on any atom is -0.389 e. The van der Waals surface area contributed by atoms with Crippen LogP contribution in [-0.4, -0.2) is 10.9 Å². The van der Waals surface area contributed by atoms with Gasteiger partial charge in [-0.3, -0.25) is 4.79 Å². The molecule has 0 atom stereocenters. The first-order chi connectivity index (χ1) is 8.65. The fraction of sp³-hybridized carbons (Fsp3) is 0.231. The highest BCUT2D eigenvalue weighted by atomic mass is 32.1. The highest BCUT2D eigenvalue weighted by Gasteiger charge is 2.08. The average molecular weight is 261 g/mol. The van der Waals surface area contributed by atoms with Gasteiger partial charge in [-0.15, -0.1) is 0 Å². The van der Waals surface area contributed by atoms with Gasteiger partial charge in [0.05, 0.1) is 5.69 Å². The van der Waals surface area contributed by atoms with Crippen molar-refractivity contribution in [3.63, 3.8) is 0 Å². The summed E-state index contributed by atoms with van der Waals surface area (Å²) in [6, 6.07) is 9.93. The summed E-state index contributed by atoms with van der Waals surface area (Å²) in [6.07, 6.45) is 1.18. The first-order valence-corrected chi connectivity index (χ1v) is 6.53. The predicted octanol–water partition coefficient (Wildman–Crippen LogP) is 2.61. The minimum atomic E-state index is -0.0346. The van der Waals surface area contributed by atoms with Crippen LogP contribution < -0.4 is 11.1 Å². The topological polar surface area (TPSA) is 68.0 Å². The molecule has 0 fully saturated rings. The van der Waals surface area contributed by atoms with Gasteiger partial charge in [-0.2, -0.15) is 0 Å². The van der Waals surface area contributed by atoms with Crippen molar-refractivity contribution in [1.82, 2.24) is 4.98 Å². The monoisotopic (exact) mass is 261 g/mol. The van der Waals surface area contributed by atoms with Gasteiger partial charge in [0, 0.05) is 6.42 Å². The number of thiazole rings is 1. The molecule has 0 aliphatic carbocycles. The molecule has 0 radical (unpaired) electrons. The summed E-state index contributed by atoms with van der Waals surface area (Å²) < 4.78 is 0. The first kappa shape index (κ1) is 12.6. The van der Waals surface area contributed by atoms with Crippen LogP contribution in [0.5, 0.6) is 0 Å². The zero-order valence-electron chi connectivity index (χ0n) is 10.1. The van der Waals surface area contributed by atoms with Crippen LogP contribution in [0.1, 0.15) is 17.7 Å². The van der Waals surface area contributed by atoms with Gasteiger partial charge in [-0.05, 0) is 18.9 Å². The van der Waals surface area contributed by atoms with Crippen molar-refractivity contribution in [2.75, 3.05) is 11.1 Å². The number of nitrogens with one attached hydrogen (secondary N) is 1. The van der Waals surface area contributed by atoms with Crippen LogP contribution in [0, 0.1) is 6.92 Å². The molecule has 0 aliphatic rings. The number of nitrogens with zero attached hydrogens (tertiary/aromatic N) is 1. The number of aromatic nitrogens is 1. The van der Waals surface area contributed by atoms with Gasteiger partial charge in [0.25, 0.3) is 0 Å². The van der Waals surface area contributed by atoms with Gasteiger partial charge in [-0.25, -0.2) is 4.98 Å². The van der Waals surface area contributed by atoms with E-state index >= 15 is 0 Å². The highest BCUT2D eigenvalue weighted by Crippen LogP contribution is 2.24. The Kier molecular flexibility index (Phi) is 3.94. The quantitative estimate of drug-likeness (QED) is 0.889. The molecule has 1 aromatic carbocycles. The number of carbonyl (C=O) groups excluding carboxylic acids is 1. The van der Waals surface area contributed by atoms with Gasteiger partial charge in [0.1, 0.15) is 5.00 Å². The molecule has 0 unspecified atom stereocenters. The second-order valence-electron chi connectivity index (χ2n) is 4.00. The van der Waals surface area contributed by atoms with E-state index in [1.54, 1.807) is 0 Å². The fourth-order valence-electron chi connectivity index (χ4n) is 1.55. The SMILES string of the molecule is Cc1nc(NC(=O)CCc2ccccc2)sc1N. The number of carbonyl (C=O) groups is 1. The number of amides is 1. The Morgan fingerprint density at radius 2 is 2.11 bits per heavy atom. The number of hydrogen-bond donors (Lipinski definition) is 2. The van der Waals surface area contributed by atoms with Gasteiger partial charge in [0.2, 0.25) is 5.91 Å². The maximum atomic E-state index is 11.7. The van der Waals surface area contributed by atoms with Gasteiger partial charge in [-0.1, -0.05) is 41.7 Å². The lowest BCUT2D eigenvalue weighted by molar-refractivity contribution is -0.116. The largest absolute Gasteiger partial charge is 0.389 e. The van der Waals surface area contributed by atoms with Crippen LogP contribution in [0.25, 0.3) is 0 Å². The molecular weight excluding hydrogens is 246 g/mol. The molecule has 2 aromatic rings. The maximum Gasteiger partial charge on any atom is 0.226 e. The maximum absolute atomic E-state index is 11.7. The molecule has 1 aromatic heterocycles. The van der Waals surface area contributed by atoms with Crippen LogP contribution in [-0.2, 0) is 11.2 Å². The second kappa shape index (κ2) is 5.64. The predicted molar refractivity (Wildman–Crippen MR) is 74.7 cm³/mol. The first-order valence-electron chi connectivity index (χ1n) is 5.72. The molecule has 2 rings (SSSR count). The molecule has 0 aliphatic heterocycles. The van der Waals surface area contributed by atoms with Crippen molar-refractivity contribution in [1.29, 1.82) is 0 Å². The summed E-state index contributed by atoms with van der Waals surface area (Å²) in [7, 11) is 0. The van der Waals surface area contributed by atoms with Crippen molar-refractivity contribution in [3.05, 3.63) is 41.6 Å². The molecule has 0 bridgehead atoms. The summed E-state index contributed by atoms with van der Waals surface area (Å²) in [5.41, 5.74) is 7.60. The Hall–Kier alpha value is -1.88. The molecular formula is C13H15N3OS. The average Bonchev–Trinajstić information content (AvgIpc) is 2.67. The Morgan fingerprint density at radius 3 is 2.72 bits per heavy atom. The molecule has 18 heavy (non-hydrogen) atoms. The summed E-state index contributed by atoms with van der Waals surface area (Å²) in [5, 5.41) is 3.98. The van der Waals surface area contributed by atoms with E-state index < -0.39 is 0 Å². The lowest BCUT2D eigenvalue weighted by Crippen LogP contribution is -2.12. The van der Waals surface area contributed by atoms with E-state index in [0.717, 1.165) is 17.7 Å². The Morgan fingerprint density at radius 1 is 1.39 bits per heavy atom. The number of aryl methyl sites for hydroxylation is 2. The number of nitrogen functional groups attached to an aromatic ring is 1. The third-order valence-corrected chi connectivity index (χ3v) is 3.46. The number of rotatable bonds is 4. The standard InChI is InChI=1S/C13H15N3OS/c1-9-12(14)18-13(15-9)16-11(17)8-7-10-5-3-2-4-6-10/h2-6H,7-8,14H2,1H3,(H,15,16,17). The van der Waals surface area contributed by atoms with E-state index in [4.69, 9.17) is 5.73 Å². The van der Waals surface area contributed by atoms with Gasteiger partial charge >= 0.3 is 0 Å². The molecule has 5 heteroatoms. The molecule has 0 spiro atoms. The molecule has 1 amide bonds. The normalized spacial score (nSPS) is 10.3. The van der Waals surface area contributed by atoms with E-state index in [1.165, 1.54) is 11.3 Å². The van der Waals surface area contributed by atoms with E-state index in [9.17, 15) is 4.79 Å². The molecule has 1 heterocycles. The van der Waals surface area contributed by atoms with Crippen molar-refractivity contribution < 1.29 is 4.79 Å². The van der Waals surface area contributed by atoms with E-state index in [-0.39, 0.29) is 5.91 Å². The van der Waals surface area contributed by atoms with E-state index in [0.29, 0.717) is 16.6 Å². The Balaban J connectivity index is 1.86. The van der Waals surface area contributed by atoms with Crippen molar-refractivity contribution in [2.45, 2.75) is 19.8 Å². The summed E-state index contributed by atoms with van der Waals surface area (Å²) >= 11 is 1.30. The smallest absolute Gasteiger partial charge is 0.226 e. The molecule has 94 valence electrons. The summed E-state index contributed by atoms with van der Waals surface area (Å²) in [5.74, 6) is -0.0346. The lowest BCUT2D eigenvalue weighted by atomic mass is 10.1. The zero-order valence-corrected chi connectivity index (χ0v) is 11.0. The summed E-state index contributed by atoms with van der Waals surface area (Å²) in [4.78, 5) is 15.9. The Labute approximate surface area is 110 Å². The van der Waals surface area contributed by atoms with Crippen LogP contribution in [0.2, 0.25) is 0 Å². The Bertz CT molecular complexity index is 517. The lowest BCUT2D eigenvalue weighted by Gasteiger charge is -2.01. The van der Waals surface area contributed by atoms with E-state index in [2.05, 4.69) is 10.3 Å². The third-order valence-electron chi connectivity index (χ3n) is 2.56. The molecule has 0 saturated heterocycles. The fourth-order valence-corrected chi connectivity index (χ4v) is 2.30. The molecule has 0 saturated carbocycles. The van der Waals surface area contributed by atoms with Crippen LogP contribution in [0.4, 0.5) is 10.1 Å². The molecule has 3 N–H and O–H groups in total. The third kappa shape index (κ3) is 3.30. The second-order valence-corrected chi connectivity index (χ2v) is 5.03. The number of nitrogens with two attached hydrogens (primary N) is 1. The van der Waals surface area contributed by atoms with Crippen molar-refractivity contribution in [2.24, 2.45) is 0 Å². The highest BCUT2D eigenvalue weighted by molar-refractivity contribution is 7.19. The van der Waals surface area contributed by atoms with Crippen molar-refractivity contribution in [3.8, 4) is 0 Å². The number of benzene rings is 1. The van der Waals surface area contributed by atoms with Gasteiger partial charge < -0.3 is 11.1 Å². The van der Waals surface area contributed by atoms with Crippen LogP contribution >= 0.6 is 11.3 Å². The van der Waals surface area contributed by atoms with Crippen LogP contribution in [0.3, 0.4) is 0 Å².